The molecule has 1 saturated heterocycles. The maximum absolute atomic E-state index is 10.8. The standard InChI is InChI=1S/C7H11BrO3/c1-7(2)3-4(9)11-6(10)5(7)8/h5-6,10H,3H2,1-2H3. The van der Waals surface area contributed by atoms with Crippen LogP contribution in [-0.4, -0.2) is 22.2 Å². The van der Waals surface area contributed by atoms with Gasteiger partial charge in [0.25, 0.3) is 0 Å². The molecule has 0 aromatic carbocycles. The number of halogens is 1. The van der Waals surface area contributed by atoms with Gasteiger partial charge in [0, 0.05) is 0 Å². The molecule has 0 amide bonds. The first-order valence-corrected chi connectivity index (χ1v) is 4.37. The molecule has 0 saturated carbocycles. The van der Waals surface area contributed by atoms with E-state index in [0.717, 1.165) is 0 Å². The Morgan fingerprint density at radius 3 is 2.73 bits per heavy atom. The second kappa shape index (κ2) is 2.75. The van der Waals surface area contributed by atoms with E-state index in [4.69, 9.17) is 0 Å². The van der Waals surface area contributed by atoms with Crippen molar-refractivity contribution in [3.05, 3.63) is 0 Å². The molecule has 0 bridgehead atoms. The normalized spacial score (nSPS) is 36.5. The first kappa shape index (κ1) is 9.00. The van der Waals surface area contributed by atoms with Crippen LogP contribution in [0.3, 0.4) is 0 Å². The highest BCUT2D eigenvalue weighted by Crippen LogP contribution is 2.37. The molecular formula is C7H11BrO3. The minimum Gasteiger partial charge on any atom is -0.435 e. The van der Waals surface area contributed by atoms with E-state index in [1.165, 1.54) is 0 Å². The number of carbonyl (C=O) groups is 1. The van der Waals surface area contributed by atoms with Crippen LogP contribution in [0, 0.1) is 5.41 Å². The largest absolute Gasteiger partial charge is 0.435 e. The lowest BCUT2D eigenvalue weighted by molar-refractivity contribution is -0.184. The summed E-state index contributed by atoms with van der Waals surface area (Å²) in [6, 6.07) is 0. The highest BCUT2D eigenvalue weighted by atomic mass is 79.9. The summed E-state index contributed by atoms with van der Waals surface area (Å²) in [4.78, 5) is 10.7. The van der Waals surface area contributed by atoms with E-state index < -0.39 is 6.29 Å². The molecule has 1 rings (SSSR count). The molecule has 11 heavy (non-hydrogen) atoms. The molecule has 0 radical (unpaired) electrons. The lowest BCUT2D eigenvalue weighted by Crippen LogP contribution is -2.44. The van der Waals surface area contributed by atoms with Crippen molar-refractivity contribution < 1.29 is 14.6 Å². The summed E-state index contributed by atoms with van der Waals surface area (Å²) >= 11 is 3.28. The van der Waals surface area contributed by atoms with Crippen LogP contribution in [0.4, 0.5) is 0 Å². The number of cyclic esters (lactones) is 1. The fraction of sp³-hybridized carbons (Fsp3) is 0.857. The van der Waals surface area contributed by atoms with Crippen LogP contribution in [0.2, 0.25) is 0 Å². The molecule has 1 aliphatic heterocycles. The van der Waals surface area contributed by atoms with Gasteiger partial charge in [0.05, 0.1) is 11.2 Å². The second-order valence-corrected chi connectivity index (χ2v) is 4.43. The van der Waals surface area contributed by atoms with E-state index in [0.29, 0.717) is 6.42 Å². The molecule has 64 valence electrons. The van der Waals surface area contributed by atoms with Gasteiger partial charge in [0.15, 0.2) is 0 Å². The number of esters is 1. The Kier molecular flexibility index (Phi) is 2.25. The Hall–Kier alpha value is -0.0900. The Bertz CT molecular complexity index is 179. The van der Waals surface area contributed by atoms with Gasteiger partial charge in [-0.15, -0.1) is 0 Å². The van der Waals surface area contributed by atoms with Crippen molar-refractivity contribution in [1.82, 2.24) is 0 Å². The molecule has 0 aromatic rings. The van der Waals surface area contributed by atoms with E-state index in [9.17, 15) is 9.90 Å². The van der Waals surface area contributed by atoms with Gasteiger partial charge in [0.2, 0.25) is 6.29 Å². The first-order valence-electron chi connectivity index (χ1n) is 3.45. The highest BCUT2D eigenvalue weighted by molar-refractivity contribution is 9.09. The third kappa shape index (κ3) is 1.73. The summed E-state index contributed by atoms with van der Waals surface area (Å²) in [5, 5.41) is 9.19. The summed E-state index contributed by atoms with van der Waals surface area (Å²) in [6.07, 6.45) is -0.661. The first-order chi connectivity index (χ1) is 4.93. The average Bonchev–Trinajstić information content (AvgIpc) is 1.81. The van der Waals surface area contributed by atoms with Crippen LogP contribution in [0.15, 0.2) is 0 Å². The molecular weight excluding hydrogens is 212 g/mol. The van der Waals surface area contributed by atoms with Crippen molar-refractivity contribution in [2.45, 2.75) is 31.4 Å². The third-order valence-corrected chi connectivity index (χ3v) is 3.54. The van der Waals surface area contributed by atoms with Gasteiger partial charge in [-0.05, 0) is 5.41 Å². The molecule has 3 nitrogen and oxygen atoms in total. The minimum atomic E-state index is -1.01. The summed E-state index contributed by atoms with van der Waals surface area (Å²) in [5.41, 5.74) is -0.227. The molecule has 0 aromatic heterocycles. The maximum atomic E-state index is 10.8. The zero-order chi connectivity index (χ0) is 8.65. The number of ether oxygens (including phenoxy) is 1. The fourth-order valence-corrected chi connectivity index (χ4v) is 1.36. The number of hydrogen-bond acceptors (Lipinski definition) is 3. The molecule has 2 unspecified atom stereocenters. The van der Waals surface area contributed by atoms with Gasteiger partial charge in [-0.2, -0.15) is 0 Å². The fourth-order valence-electron chi connectivity index (χ4n) is 1.09. The van der Waals surface area contributed by atoms with E-state index in [-0.39, 0.29) is 16.2 Å². The lowest BCUT2D eigenvalue weighted by atomic mass is 9.84. The van der Waals surface area contributed by atoms with Crippen molar-refractivity contribution in [1.29, 1.82) is 0 Å². The SMILES string of the molecule is CC1(C)CC(=O)OC(O)C1Br. The number of aliphatic hydroxyl groups excluding tert-OH is 1. The smallest absolute Gasteiger partial charge is 0.308 e. The van der Waals surface area contributed by atoms with Crippen LogP contribution in [0.1, 0.15) is 20.3 Å². The third-order valence-electron chi connectivity index (χ3n) is 1.85. The molecule has 4 heteroatoms. The Morgan fingerprint density at radius 2 is 2.27 bits per heavy atom. The van der Waals surface area contributed by atoms with E-state index in [2.05, 4.69) is 20.7 Å². The van der Waals surface area contributed by atoms with Crippen LogP contribution in [0.25, 0.3) is 0 Å². The van der Waals surface area contributed by atoms with Crippen molar-refractivity contribution in [2.24, 2.45) is 5.41 Å². The predicted octanol–water partition coefficient (Wildman–Crippen LogP) is 1.04. The highest BCUT2D eigenvalue weighted by Gasteiger charge is 2.41. The minimum absolute atomic E-state index is 0.173. The zero-order valence-corrected chi connectivity index (χ0v) is 8.09. The molecule has 0 aliphatic carbocycles. The van der Waals surface area contributed by atoms with Gasteiger partial charge in [-0.25, -0.2) is 0 Å². The average molecular weight is 223 g/mol. The summed E-state index contributed by atoms with van der Waals surface area (Å²) < 4.78 is 4.60. The maximum Gasteiger partial charge on any atom is 0.308 e. The van der Waals surface area contributed by atoms with Crippen molar-refractivity contribution in [3.63, 3.8) is 0 Å². The van der Waals surface area contributed by atoms with E-state index in [1.54, 1.807) is 0 Å². The zero-order valence-electron chi connectivity index (χ0n) is 6.50. The Morgan fingerprint density at radius 1 is 1.73 bits per heavy atom. The molecule has 1 heterocycles. The number of carbonyl (C=O) groups excluding carboxylic acids is 1. The molecule has 0 spiro atoms. The van der Waals surface area contributed by atoms with Crippen molar-refractivity contribution >= 4 is 21.9 Å². The van der Waals surface area contributed by atoms with Crippen LogP contribution in [0.5, 0.6) is 0 Å². The molecule has 2 atom stereocenters. The number of hydrogen-bond donors (Lipinski definition) is 1. The quantitative estimate of drug-likeness (QED) is 0.493. The summed E-state index contributed by atoms with van der Waals surface area (Å²) in [5.74, 6) is -0.335. The van der Waals surface area contributed by atoms with Crippen molar-refractivity contribution in [2.75, 3.05) is 0 Å². The van der Waals surface area contributed by atoms with Crippen LogP contribution >= 0.6 is 15.9 Å². The number of alkyl halides is 1. The monoisotopic (exact) mass is 222 g/mol. The van der Waals surface area contributed by atoms with Crippen molar-refractivity contribution in [3.8, 4) is 0 Å². The van der Waals surface area contributed by atoms with Gasteiger partial charge in [-0.1, -0.05) is 29.8 Å². The molecule has 1 aliphatic rings. The summed E-state index contributed by atoms with van der Waals surface area (Å²) in [6.45, 7) is 3.83. The number of aliphatic hydroxyl groups is 1. The molecule has 1 N–H and O–H groups in total. The summed E-state index contributed by atoms with van der Waals surface area (Å²) in [7, 11) is 0. The van der Waals surface area contributed by atoms with Crippen LogP contribution in [-0.2, 0) is 9.53 Å². The topological polar surface area (TPSA) is 46.5 Å². The lowest BCUT2D eigenvalue weighted by Gasteiger charge is -2.36. The second-order valence-electron chi connectivity index (χ2n) is 3.45. The van der Waals surface area contributed by atoms with E-state index in [1.807, 2.05) is 13.8 Å². The molecule has 1 fully saturated rings. The van der Waals surface area contributed by atoms with Gasteiger partial charge in [0.1, 0.15) is 0 Å². The Labute approximate surface area is 73.9 Å². The van der Waals surface area contributed by atoms with E-state index >= 15 is 0 Å². The van der Waals surface area contributed by atoms with Gasteiger partial charge < -0.3 is 9.84 Å². The number of rotatable bonds is 0. The van der Waals surface area contributed by atoms with Gasteiger partial charge in [-0.3, -0.25) is 4.79 Å². The van der Waals surface area contributed by atoms with Crippen LogP contribution < -0.4 is 0 Å². The van der Waals surface area contributed by atoms with Gasteiger partial charge >= 0.3 is 5.97 Å². The Balaban J connectivity index is 2.75. The predicted molar refractivity (Wildman–Crippen MR) is 43.2 cm³/mol.